The van der Waals surface area contributed by atoms with Crippen molar-refractivity contribution in [3.8, 4) is 0 Å². The van der Waals surface area contributed by atoms with Crippen molar-refractivity contribution in [1.29, 1.82) is 0 Å². The van der Waals surface area contributed by atoms with Crippen molar-refractivity contribution in [3.63, 3.8) is 0 Å². The Kier molecular flexibility index (Phi) is 7.30. The third-order valence-electron chi connectivity index (χ3n) is 1.68. The molecule has 0 rings (SSSR count). The Bertz CT molecular complexity index is 371. The number of hydrogen-bond acceptors (Lipinski definition) is 6. The van der Waals surface area contributed by atoms with Gasteiger partial charge >= 0.3 is 17.9 Å². The molecule has 0 heterocycles. The first-order valence-corrected chi connectivity index (χ1v) is 5.24. The van der Waals surface area contributed by atoms with Gasteiger partial charge in [-0.05, 0) is 21.0 Å². The fraction of sp³-hybridized carbons (Fsp3) is 0.417. The summed E-state index contributed by atoms with van der Waals surface area (Å²) >= 11 is 0. The molecular formula is C12H17NO5. The number of carbonyl (C=O) groups excluding carboxylic acids is 3. The van der Waals surface area contributed by atoms with Crippen LogP contribution >= 0.6 is 0 Å². The summed E-state index contributed by atoms with van der Waals surface area (Å²) in [5.41, 5.74) is 0.102. The van der Waals surface area contributed by atoms with Gasteiger partial charge in [0, 0.05) is 24.3 Å². The first-order valence-electron chi connectivity index (χ1n) is 5.24. The van der Waals surface area contributed by atoms with Crippen LogP contribution in [0.2, 0.25) is 0 Å². The Labute approximate surface area is 106 Å². The lowest BCUT2D eigenvalue weighted by molar-refractivity contribution is -0.153. The van der Waals surface area contributed by atoms with Crippen LogP contribution in [0.1, 0.15) is 6.92 Å². The van der Waals surface area contributed by atoms with Crippen LogP contribution in [0.3, 0.4) is 0 Å². The maximum Gasteiger partial charge on any atom is 0.340 e. The number of rotatable bonds is 6. The molecule has 0 amide bonds. The van der Waals surface area contributed by atoms with Crippen LogP contribution in [0, 0.1) is 0 Å². The van der Waals surface area contributed by atoms with E-state index < -0.39 is 17.9 Å². The highest BCUT2D eigenvalue weighted by Gasteiger charge is 2.08. The highest BCUT2D eigenvalue weighted by Crippen LogP contribution is 1.94. The van der Waals surface area contributed by atoms with Crippen molar-refractivity contribution in [2.45, 2.75) is 6.92 Å². The highest BCUT2D eigenvalue weighted by atomic mass is 16.6. The van der Waals surface area contributed by atoms with Crippen molar-refractivity contribution in [3.05, 3.63) is 24.3 Å². The Morgan fingerprint density at radius 2 is 1.72 bits per heavy atom. The van der Waals surface area contributed by atoms with Gasteiger partial charge in [-0.3, -0.25) is 0 Å². The van der Waals surface area contributed by atoms with Crippen LogP contribution in [-0.2, 0) is 23.9 Å². The summed E-state index contributed by atoms with van der Waals surface area (Å²) in [6.45, 7) is 5.52. The van der Waals surface area contributed by atoms with Crippen LogP contribution in [0.25, 0.3) is 0 Å². The van der Waals surface area contributed by atoms with Gasteiger partial charge in [0.2, 0.25) is 0 Å². The Morgan fingerprint density at radius 3 is 2.22 bits per heavy atom. The second-order valence-electron chi connectivity index (χ2n) is 3.79. The van der Waals surface area contributed by atoms with Crippen molar-refractivity contribution in [2.75, 3.05) is 27.2 Å². The van der Waals surface area contributed by atoms with Gasteiger partial charge in [-0.2, -0.15) is 0 Å². The number of likely N-dealkylation sites (N-methyl/N-ethyl adjacent to an activating group) is 1. The molecule has 0 unspecified atom stereocenters. The lowest BCUT2D eigenvalue weighted by Gasteiger charge is -2.08. The second-order valence-corrected chi connectivity index (χ2v) is 3.79. The van der Waals surface area contributed by atoms with Crippen LogP contribution in [0.15, 0.2) is 24.3 Å². The molecule has 0 aliphatic rings. The van der Waals surface area contributed by atoms with Crippen molar-refractivity contribution in [1.82, 2.24) is 4.90 Å². The van der Waals surface area contributed by atoms with Gasteiger partial charge in [0.05, 0.1) is 0 Å². The minimum Gasteiger partial charge on any atom is -0.461 e. The zero-order valence-corrected chi connectivity index (χ0v) is 10.8. The van der Waals surface area contributed by atoms with E-state index in [-0.39, 0.29) is 12.2 Å². The molecular weight excluding hydrogens is 238 g/mol. The SMILES string of the molecule is C=C(C)C(=O)OC(=O)/C=C\C(=O)OCCN(C)C. The minimum absolute atomic E-state index is 0.102. The summed E-state index contributed by atoms with van der Waals surface area (Å²) in [5.74, 6) is -2.44. The summed E-state index contributed by atoms with van der Waals surface area (Å²) in [4.78, 5) is 35.0. The molecule has 6 nitrogen and oxygen atoms in total. The van der Waals surface area contributed by atoms with E-state index >= 15 is 0 Å². The molecule has 0 saturated heterocycles. The Morgan fingerprint density at radius 1 is 1.17 bits per heavy atom. The number of ether oxygens (including phenoxy) is 2. The number of carbonyl (C=O) groups is 3. The topological polar surface area (TPSA) is 72.9 Å². The molecule has 100 valence electrons. The predicted molar refractivity (Wildman–Crippen MR) is 64.6 cm³/mol. The number of hydrogen-bond donors (Lipinski definition) is 0. The lowest BCUT2D eigenvalue weighted by atomic mass is 10.4. The first-order chi connectivity index (χ1) is 8.32. The van der Waals surface area contributed by atoms with Gasteiger partial charge < -0.3 is 14.4 Å². The second kappa shape index (κ2) is 8.19. The summed E-state index contributed by atoms with van der Waals surface area (Å²) < 4.78 is 9.10. The first kappa shape index (κ1) is 16.1. The van der Waals surface area contributed by atoms with Gasteiger partial charge in [-0.25, -0.2) is 14.4 Å². The average molecular weight is 255 g/mol. The minimum atomic E-state index is -0.937. The standard InChI is InChI=1S/C12H17NO5/c1-9(2)12(16)18-11(15)6-5-10(14)17-8-7-13(3)4/h5-6H,1,7-8H2,2-4H3/b6-5-. The van der Waals surface area contributed by atoms with Crippen LogP contribution in [-0.4, -0.2) is 50.1 Å². The Balaban J connectivity index is 3.99. The molecule has 0 aliphatic heterocycles. The van der Waals surface area contributed by atoms with Crippen molar-refractivity contribution < 1.29 is 23.9 Å². The monoisotopic (exact) mass is 255 g/mol. The van der Waals surface area contributed by atoms with E-state index in [0.29, 0.717) is 6.54 Å². The molecule has 0 saturated carbocycles. The van der Waals surface area contributed by atoms with E-state index in [9.17, 15) is 14.4 Å². The van der Waals surface area contributed by atoms with Gasteiger partial charge in [0.1, 0.15) is 6.61 Å². The molecule has 0 spiro atoms. The fourth-order valence-corrected chi connectivity index (χ4v) is 0.726. The van der Waals surface area contributed by atoms with Crippen LogP contribution in [0.4, 0.5) is 0 Å². The molecule has 0 aromatic heterocycles. The molecule has 18 heavy (non-hydrogen) atoms. The molecule has 0 aliphatic carbocycles. The molecule has 0 bridgehead atoms. The van der Waals surface area contributed by atoms with E-state index in [1.165, 1.54) is 6.92 Å². The summed E-state index contributed by atoms with van der Waals surface area (Å²) in [6.07, 6.45) is 1.74. The van der Waals surface area contributed by atoms with Gasteiger partial charge in [-0.15, -0.1) is 0 Å². The van der Waals surface area contributed by atoms with E-state index in [2.05, 4.69) is 11.3 Å². The van der Waals surface area contributed by atoms with Crippen LogP contribution < -0.4 is 0 Å². The van der Waals surface area contributed by atoms with E-state index in [0.717, 1.165) is 12.2 Å². The molecule has 0 radical (unpaired) electrons. The molecule has 0 aromatic carbocycles. The van der Waals surface area contributed by atoms with Crippen LogP contribution in [0.5, 0.6) is 0 Å². The van der Waals surface area contributed by atoms with Gasteiger partial charge in [0.15, 0.2) is 0 Å². The molecule has 0 fully saturated rings. The average Bonchev–Trinajstić information content (AvgIpc) is 2.25. The molecule has 0 atom stereocenters. The van der Waals surface area contributed by atoms with E-state index in [1.807, 2.05) is 19.0 Å². The molecule has 0 N–H and O–H groups in total. The zero-order valence-electron chi connectivity index (χ0n) is 10.8. The quantitative estimate of drug-likeness (QED) is 0.386. The zero-order chi connectivity index (χ0) is 14.1. The van der Waals surface area contributed by atoms with Crippen molar-refractivity contribution >= 4 is 17.9 Å². The lowest BCUT2D eigenvalue weighted by Crippen LogP contribution is -2.19. The number of nitrogens with zero attached hydrogens (tertiary/aromatic N) is 1. The third kappa shape index (κ3) is 8.23. The summed E-state index contributed by atoms with van der Waals surface area (Å²) in [6, 6.07) is 0. The van der Waals surface area contributed by atoms with E-state index in [1.54, 1.807) is 0 Å². The molecule has 6 heteroatoms. The Hall–Kier alpha value is -1.95. The van der Waals surface area contributed by atoms with Gasteiger partial charge in [-0.1, -0.05) is 6.58 Å². The van der Waals surface area contributed by atoms with Gasteiger partial charge in [0.25, 0.3) is 0 Å². The molecule has 0 aromatic rings. The summed E-state index contributed by atoms with van der Waals surface area (Å²) in [5, 5.41) is 0. The van der Waals surface area contributed by atoms with E-state index in [4.69, 9.17) is 4.74 Å². The third-order valence-corrected chi connectivity index (χ3v) is 1.68. The highest BCUT2D eigenvalue weighted by molar-refractivity contribution is 6.00. The largest absolute Gasteiger partial charge is 0.461 e. The predicted octanol–water partition coefficient (Wildman–Crippen LogP) is 0.293. The van der Waals surface area contributed by atoms with Crippen molar-refractivity contribution in [2.24, 2.45) is 0 Å². The normalized spacial score (nSPS) is 10.4. The smallest absolute Gasteiger partial charge is 0.340 e. The fourth-order valence-electron chi connectivity index (χ4n) is 0.726. The number of esters is 3. The maximum atomic E-state index is 11.1. The maximum absolute atomic E-state index is 11.1. The summed E-state index contributed by atoms with van der Waals surface area (Å²) in [7, 11) is 3.68.